The first kappa shape index (κ1) is 20.9. The number of hydrogen-bond donors (Lipinski definition) is 1. The maximum absolute atomic E-state index is 13.1. The van der Waals surface area contributed by atoms with Crippen LogP contribution in [0, 0.1) is 17.1 Å². The van der Waals surface area contributed by atoms with Gasteiger partial charge in [0.2, 0.25) is 0 Å². The Bertz CT molecular complexity index is 969. The first-order valence-electron chi connectivity index (χ1n) is 8.06. The predicted molar refractivity (Wildman–Crippen MR) is 102 cm³/mol. The Morgan fingerprint density at radius 2 is 2.04 bits per heavy atom. The molecule has 0 aliphatic rings. The fourth-order valence-electron chi connectivity index (χ4n) is 2.14. The third kappa shape index (κ3) is 5.56. The van der Waals surface area contributed by atoms with E-state index < -0.39 is 23.8 Å². The van der Waals surface area contributed by atoms with E-state index in [-0.39, 0.29) is 16.3 Å². The first-order chi connectivity index (χ1) is 13.3. The topological polar surface area (TPSA) is 88.4 Å². The van der Waals surface area contributed by atoms with Crippen LogP contribution in [0.1, 0.15) is 12.5 Å². The zero-order chi connectivity index (χ0) is 20.7. The monoisotopic (exact) mass is 402 g/mol. The predicted octanol–water partition coefficient (Wildman–Crippen LogP) is 3.97. The minimum atomic E-state index is -1.21. The molecule has 28 heavy (non-hydrogen) atoms. The molecule has 2 aromatic carbocycles. The number of methoxy groups -OCH3 is 1. The molecule has 6 nitrogen and oxygen atoms in total. The molecule has 1 amide bonds. The number of amides is 1. The van der Waals surface area contributed by atoms with Gasteiger partial charge < -0.3 is 14.8 Å². The van der Waals surface area contributed by atoms with Gasteiger partial charge >= 0.3 is 5.97 Å². The van der Waals surface area contributed by atoms with Crippen molar-refractivity contribution in [1.82, 2.24) is 0 Å². The average molecular weight is 403 g/mol. The van der Waals surface area contributed by atoms with E-state index in [0.717, 1.165) is 12.1 Å². The lowest BCUT2D eigenvalue weighted by molar-refractivity contribution is -0.148. The maximum Gasteiger partial charge on any atom is 0.349 e. The molecule has 0 spiro atoms. The highest BCUT2D eigenvalue weighted by Gasteiger charge is 2.21. The lowest BCUT2D eigenvalue weighted by atomic mass is 10.1. The average Bonchev–Trinajstić information content (AvgIpc) is 2.68. The Morgan fingerprint density at radius 3 is 2.68 bits per heavy atom. The zero-order valence-electron chi connectivity index (χ0n) is 15.0. The molecule has 0 unspecified atom stereocenters. The number of anilines is 1. The molecule has 0 aliphatic heterocycles. The van der Waals surface area contributed by atoms with Gasteiger partial charge in [0, 0.05) is 0 Å². The first-order valence-corrected chi connectivity index (χ1v) is 8.44. The van der Waals surface area contributed by atoms with Crippen molar-refractivity contribution >= 4 is 35.2 Å². The van der Waals surface area contributed by atoms with Crippen LogP contribution in [0.25, 0.3) is 6.08 Å². The number of rotatable bonds is 6. The van der Waals surface area contributed by atoms with Gasteiger partial charge in [-0.25, -0.2) is 9.18 Å². The second-order valence-corrected chi connectivity index (χ2v) is 6.01. The van der Waals surface area contributed by atoms with Crippen molar-refractivity contribution in [3.63, 3.8) is 0 Å². The summed E-state index contributed by atoms with van der Waals surface area (Å²) in [6.45, 7) is 1.34. The number of nitrogens with one attached hydrogen (secondary N) is 1. The number of hydrogen-bond acceptors (Lipinski definition) is 5. The number of halogens is 2. The van der Waals surface area contributed by atoms with Crippen LogP contribution in [-0.4, -0.2) is 25.1 Å². The summed E-state index contributed by atoms with van der Waals surface area (Å²) in [5.41, 5.74) is 0.444. The molecule has 1 atom stereocenters. The van der Waals surface area contributed by atoms with Gasteiger partial charge in [-0.3, -0.25) is 4.79 Å². The third-order valence-electron chi connectivity index (χ3n) is 3.59. The van der Waals surface area contributed by atoms with E-state index in [1.807, 2.05) is 0 Å². The van der Waals surface area contributed by atoms with Crippen LogP contribution in [0.15, 0.2) is 48.0 Å². The van der Waals surface area contributed by atoms with Crippen molar-refractivity contribution in [2.75, 3.05) is 12.4 Å². The van der Waals surface area contributed by atoms with Crippen molar-refractivity contribution in [3.05, 3.63) is 64.4 Å². The van der Waals surface area contributed by atoms with Gasteiger partial charge in [0.1, 0.15) is 23.2 Å². The van der Waals surface area contributed by atoms with E-state index in [4.69, 9.17) is 21.1 Å². The summed E-state index contributed by atoms with van der Waals surface area (Å²) in [4.78, 5) is 24.4. The number of carbonyl (C=O) groups is 2. The van der Waals surface area contributed by atoms with Gasteiger partial charge in [-0.15, -0.1) is 0 Å². The van der Waals surface area contributed by atoms with Gasteiger partial charge in [0.25, 0.3) is 5.91 Å². The SMILES string of the molecule is COc1cccc(/C=C(\C#N)C(=O)O[C@H](C)C(=O)Nc2ccc(F)cc2Cl)c1. The molecule has 0 radical (unpaired) electrons. The highest BCUT2D eigenvalue weighted by atomic mass is 35.5. The van der Waals surface area contributed by atoms with Crippen LogP contribution in [0.5, 0.6) is 5.75 Å². The quantitative estimate of drug-likeness (QED) is 0.448. The summed E-state index contributed by atoms with van der Waals surface area (Å²) < 4.78 is 23.2. The Kier molecular flexibility index (Phi) is 7.13. The standard InChI is InChI=1S/C20H16ClFN2O4/c1-12(19(25)24-18-7-6-15(22)10-17(18)21)28-20(26)14(11-23)8-13-4-3-5-16(9-13)27-2/h3-10,12H,1-2H3,(H,24,25)/b14-8+/t12-/m1/s1. The van der Waals surface area contributed by atoms with E-state index in [9.17, 15) is 19.2 Å². The maximum atomic E-state index is 13.1. The molecular formula is C20H16ClFN2O4. The van der Waals surface area contributed by atoms with Crippen molar-refractivity contribution in [3.8, 4) is 11.8 Å². The molecule has 0 fully saturated rings. The van der Waals surface area contributed by atoms with E-state index in [2.05, 4.69) is 5.32 Å². The number of esters is 1. The molecule has 8 heteroatoms. The van der Waals surface area contributed by atoms with Gasteiger partial charge in [0.05, 0.1) is 17.8 Å². The second-order valence-electron chi connectivity index (χ2n) is 5.61. The molecule has 0 saturated carbocycles. The van der Waals surface area contributed by atoms with E-state index in [0.29, 0.717) is 11.3 Å². The molecule has 2 rings (SSSR count). The summed E-state index contributed by atoms with van der Waals surface area (Å²) in [5.74, 6) is -1.63. The van der Waals surface area contributed by atoms with Crippen molar-refractivity contribution in [1.29, 1.82) is 5.26 Å². The van der Waals surface area contributed by atoms with Crippen LogP contribution in [0.2, 0.25) is 5.02 Å². The number of carbonyl (C=O) groups excluding carboxylic acids is 2. The summed E-state index contributed by atoms with van der Waals surface area (Å²) in [7, 11) is 1.50. The molecule has 144 valence electrons. The van der Waals surface area contributed by atoms with Crippen LogP contribution < -0.4 is 10.1 Å². The van der Waals surface area contributed by atoms with Gasteiger partial charge in [-0.2, -0.15) is 5.26 Å². The summed E-state index contributed by atoms with van der Waals surface area (Å²) in [6.07, 6.45) is 0.113. The van der Waals surface area contributed by atoms with E-state index in [1.54, 1.807) is 30.3 Å². The molecule has 0 bridgehead atoms. The lowest BCUT2D eigenvalue weighted by Gasteiger charge is -2.14. The minimum Gasteiger partial charge on any atom is -0.497 e. The van der Waals surface area contributed by atoms with Crippen molar-refractivity contribution in [2.45, 2.75) is 13.0 Å². The highest BCUT2D eigenvalue weighted by Crippen LogP contribution is 2.23. The molecule has 0 aromatic heterocycles. The second kappa shape index (κ2) is 9.53. The molecule has 1 N–H and O–H groups in total. The number of nitriles is 1. The summed E-state index contributed by atoms with van der Waals surface area (Å²) >= 11 is 5.85. The number of benzene rings is 2. The molecule has 2 aromatic rings. The normalized spacial score (nSPS) is 11.9. The Morgan fingerprint density at radius 1 is 1.29 bits per heavy atom. The van der Waals surface area contributed by atoms with Crippen molar-refractivity contribution < 1.29 is 23.5 Å². The van der Waals surface area contributed by atoms with Crippen LogP contribution in [0.3, 0.4) is 0 Å². The van der Waals surface area contributed by atoms with Crippen LogP contribution in [-0.2, 0) is 14.3 Å². The Balaban J connectivity index is 2.07. The summed E-state index contributed by atoms with van der Waals surface area (Å²) in [5, 5.41) is 11.7. The van der Waals surface area contributed by atoms with E-state index >= 15 is 0 Å². The zero-order valence-corrected chi connectivity index (χ0v) is 15.8. The minimum absolute atomic E-state index is 0.00233. The molecular weight excluding hydrogens is 387 g/mol. The van der Waals surface area contributed by atoms with Crippen LogP contribution in [0.4, 0.5) is 10.1 Å². The van der Waals surface area contributed by atoms with Crippen LogP contribution >= 0.6 is 11.6 Å². The smallest absolute Gasteiger partial charge is 0.349 e. The summed E-state index contributed by atoms with van der Waals surface area (Å²) in [6, 6.07) is 11.9. The molecule has 0 heterocycles. The van der Waals surface area contributed by atoms with Gasteiger partial charge in [-0.05, 0) is 48.9 Å². The highest BCUT2D eigenvalue weighted by molar-refractivity contribution is 6.33. The Labute approximate surface area is 166 Å². The fraction of sp³-hybridized carbons (Fsp3) is 0.150. The molecule has 0 saturated heterocycles. The van der Waals surface area contributed by atoms with Gasteiger partial charge in [-0.1, -0.05) is 23.7 Å². The van der Waals surface area contributed by atoms with Gasteiger partial charge in [0.15, 0.2) is 6.10 Å². The number of ether oxygens (including phenoxy) is 2. The fourth-order valence-corrected chi connectivity index (χ4v) is 2.35. The third-order valence-corrected chi connectivity index (χ3v) is 3.90. The molecule has 0 aliphatic carbocycles. The largest absolute Gasteiger partial charge is 0.497 e. The number of nitrogens with zero attached hydrogens (tertiary/aromatic N) is 1. The van der Waals surface area contributed by atoms with Crippen molar-refractivity contribution in [2.24, 2.45) is 0 Å². The lowest BCUT2D eigenvalue weighted by Crippen LogP contribution is -2.30. The van der Waals surface area contributed by atoms with E-state index in [1.165, 1.54) is 26.2 Å². The Hall–Kier alpha value is -3.37.